The molecule has 0 radical (unpaired) electrons. The number of amides is 2. The highest BCUT2D eigenvalue weighted by Gasteiger charge is 2.12. The Kier molecular flexibility index (Phi) is 7.68. The first-order valence-corrected chi connectivity index (χ1v) is 8.84. The van der Waals surface area contributed by atoms with Gasteiger partial charge in [-0.1, -0.05) is 42.5 Å². The van der Waals surface area contributed by atoms with E-state index in [9.17, 15) is 9.59 Å². The second-order valence-electron chi connectivity index (χ2n) is 6.20. The minimum absolute atomic E-state index is 0.0640. The largest absolute Gasteiger partial charge is 0.496 e. The third-order valence-corrected chi connectivity index (χ3v) is 4.11. The average molecular weight is 354 g/mol. The van der Waals surface area contributed by atoms with Crippen molar-refractivity contribution in [1.29, 1.82) is 0 Å². The van der Waals surface area contributed by atoms with Crippen molar-refractivity contribution in [1.82, 2.24) is 10.6 Å². The number of aryl methyl sites for hydroxylation is 1. The summed E-state index contributed by atoms with van der Waals surface area (Å²) in [6, 6.07) is 17.3. The van der Waals surface area contributed by atoms with Crippen molar-refractivity contribution in [3.8, 4) is 5.75 Å². The fraction of sp³-hybridized carbons (Fsp3) is 0.333. The molecule has 2 N–H and O–H groups in total. The Morgan fingerprint density at radius 1 is 1.04 bits per heavy atom. The van der Waals surface area contributed by atoms with Crippen LogP contribution in [0.5, 0.6) is 5.75 Å². The Labute approximate surface area is 154 Å². The molecule has 0 fully saturated rings. The molecule has 0 aliphatic carbocycles. The summed E-state index contributed by atoms with van der Waals surface area (Å²) in [7, 11) is 1.52. The number of hydrogen-bond donors (Lipinski definition) is 2. The van der Waals surface area contributed by atoms with Gasteiger partial charge in [0, 0.05) is 19.0 Å². The number of benzene rings is 2. The van der Waals surface area contributed by atoms with Gasteiger partial charge in [0.2, 0.25) is 5.91 Å². The standard InChI is InChI=1S/C21H26N2O3/c1-16(12-13-17-8-4-3-5-9-17)23-20(24)14-15-22-21(25)18-10-6-7-11-19(18)26-2/h3-11,16H,12-15H2,1-2H3,(H,22,25)(H,23,24)/t16-/m0/s1. The van der Waals surface area contributed by atoms with Crippen molar-refractivity contribution in [2.24, 2.45) is 0 Å². The van der Waals surface area contributed by atoms with Crippen molar-refractivity contribution in [3.05, 3.63) is 65.7 Å². The SMILES string of the molecule is COc1ccccc1C(=O)NCCC(=O)N[C@@H](C)CCc1ccccc1. The third-order valence-electron chi connectivity index (χ3n) is 4.11. The first-order valence-electron chi connectivity index (χ1n) is 8.84. The molecule has 0 spiro atoms. The number of methoxy groups -OCH3 is 1. The maximum Gasteiger partial charge on any atom is 0.255 e. The molecule has 0 aromatic heterocycles. The number of para-hydroxylation sites is 1. The van der Waals surface area contributed by atoms with Gasteiger partial charge in [0.05, 0.1) is 12.7 Å². The molecular weight excluding hydrogens is 328 g/mol. The van der Waals surface area contributed by atoms with Crippen LogP contribution in [-0.4, -0.2) is 31.5 Å². The monoisotopic (exact) mass is 354 g/mol. The van der Waals surface area contributed by atoms with Gasteiger partial charge < -0.3 is 15.4 Å². The average Bonchev–Trinajstić information content (AvgIpc) is 2.67. The summed E-state index contributed by atoms with van der Waals surface area (Å²) in [4.78, 5) is 24.2. The normalized spacial score (nSPS) is 11.5. The van der Waals surface area contributed by atoms with E-state index >= 15 is 0 Å². The van der Waals surface area contributed by atoms with E-state index in [1.807, 2.05) is 25.1 Å². The highest BCUT2D eigenvalue weighted by atomic mass is 16.5. The van der Waals surface area contributed by atoms with Crippen LogP contribution in [0.3, 0.4) is 0 Å². The molecule has 5 heteroatoms. The zero-order valence-electron chi connectivity index (χ0n) is 15.3. The van der Waals surface area contributed by atoms with Gasteiger partial charge in [-0.25, -0.2) is 0 Å². The van der Waals surface area contributed by atoms with E-state index in [0.29, 0.717) is 11.3 Å². The molecule has 0 bridgehead atoms. The Bertz CT molecular complexity index is 716. The molecule has 0 aliphatic rings. The molecule has 5 nitrogen and oxygen atoms in total. The maximum atomic E-state index is 12.2. The van der Waals surface area contributed by atoms with Gasteiger partial charge in [0.1, 0.15) is 5.75 Å². The van der Waals surface area contributed by atoms with Crippen molar-refractivity contribution < 1.29 is 14.3 Å². The van der Waals surface area contributed by atoms with E-state index in [2.05, 4.69) is 22.8 Å². The van der Waals surface area contributed by atoms with E-state index in [1.54, 1.807) is 24.3 Å². The minimum Gasteiger partial charge on any atom is -0.496 e. The summed E-state index contributed by atoms with van der Waals surface area (Å²) < 4.78 is 5.17. The number of hydrogen-bond acceptors (Lipinski definition) is 3. The molecule has 0 heterocycles. The number of carbonyl (C=O) groups is 2. The summed E-state index contributed by atoms with van der Waals surface area (Å²) in [5.41, 5.74) is 1.73. The maximum absolute atomic E-state index is 12.2. The van der Waals surface area contributed by atoms with Crippen molar-refractivity contribution in [2.45, 2.75) is 32.2 Å². The van der Waals surface area contributed by atoms with Gasteiger partial charge in [-0.3, -0.25) is 9.59 Å². The lowest BCUT2D eigenvalue weighted by Gasteiger charge is -2.14. The molecular formula is C21H26N2O3. The molecule has 0 saturated heterocycles. The Morgan fingerprint density at radius 3 is 2.46 bits per heavy atom. The Balaban J connectivity index is 1.69. The predicted octanol–water partition coefficient (Wildman–Crippen LogP) is 2.95. The lowest BCUT2D eigenvalue weighted by Crippen LogP contribution is -2.35. The van der Waals surface area contributed by atoms with Crippen LogP contribution >= 0.6 is 0 Å². The van der Waals surface area contributed by atoms with Crippen LogP contribution in [0, 0.1) is 0 Å². The number of carbonyl (C=O) groups excluding carboxylic acids is 2. The van der Waals surface area contributed by atoms with Crippen LogP contribution in [0.25, 0.3) is 0 Å². The van der Waals surface area contributed by atoms with E-state index in [0.717, 1.165) is 12.8 Å². The van der Waals surface area contributed by atoms with Crippen molar-refractivity contribution in [3.63, 3.8) is 0 Å². The van der Waals surface area contributed by atoms with Crippen LogP contribution in [0.1, 0.15) is 35.7 Å². The first-order chi connectivity index (χ1) is 12.6. The molecule has 138 valence electrons. The third kappa shape index (κ3) is 6.24. The molecule has 0 unspecified atom stereocenters. The van der Waals surface area contributed by atoms with Crippen molar-refractivity contribution in [2.75, 3.05) is 13.7 Å². The molecule has 0 saturated carbocycles. The summed E-state index contributed by atoms with van der Waals surface area (Å²) in [5.74, 6) is 0.210. The molecule has 2 rings (SSSR count). The summed E-state index contributed by atoms with van der Waals surface area (Å²) >= 11 is 0. The fourth-order valence-electron chi connectivity index (χ4n) is 2.66. The van der Waals surface area contributed by atoms with E-state index < -0.39 is 0 Å². The van der Waals surface area contributed by atoms with Gasteiger partial charge in [-0.15, -0.1) is 0 Å². The van der Waals surface area contributed by atoms with Crippen molar-refractivity contribution >= 4 is 11.8 Å². The van der Waals surface area contributed by atoms with Gasteiger partial charge in [-0.2, -0.15) is 0 Å². The van der Waals surface area contributed by atoms with E-state index in [1.165, 1.54) is 12.7 Å². The molecule has 1 atom stereocenters. The molecule has 2 amide bonds. The van der Waals surface area contributed by atoms with E-state index in [-0.39, 0.29) is 30.8 Å². The molecule has 2 aromatic rings. The summed E-state index contributed by atoms with van der Waals surface area (Å²) in [6.07, 6.45) is 2.05. The second-order valence-corrected chi connectivity index (χ2v) is 6.20. The highest BCUT2D eigenvalue weighted by Crippen LogP contribution is 2.16. The highest BCUT2D eigenvalue weighted by molar-refractivity contribution is 5.97. The van der Waals surface area contributed by atoms with Gasteiger partial charge in [0.15, 0.2) is 0 Å². The second kappa shape index (κ2) is 10.2. The zero-order valence-corrected chi connectivity index (χ0v) is 15.3. The van der Waals surface area contributed by atoms with E-state index in [4.69, 9.17) is 4.74 Å². The van der Waals surface area contributed by atoms with Crippen LogP contribution in [0.4, 0.5) is 0 Å². The zero-order chi connectivity index (χ0) is 18.8. The lowest BCUT2D eigenvalue weighted by atomic mass is 10.1. The number of ether oxygens (including phenoxy) is 1. The van der Waals surface area contributed by atoms with Crippen LogP contribution in [0.2, 0.25) is 0 Å². The predicted molar refractivity (Wildman–Crippen MR) is 102 cm³/mol. The summed E-state index contributed by atoms with van der Waals surface area (Å²) in [6.45, 7) is 2.28. The Morgan fingerprint density at radius 2 is 1.73 bits per heavy atom. The first kappa shape index (κ1) is 19.5. The molecule has 26 heavy (non-hydrogen) atoms. The lowest BCUT2D eigenvalue weighted by molar-refractivity contribution is -0.121. The fourth-order valence-corrected chi connectivity index (χ4v) is 2.66. The number of rotatable bonds is 9. The molecule has 2 aromatic carbocycles. The van der Waals surface area contributed by atoms with Gasteiger partial charge in [0.25, 0.3) is 5.91 Å². The Hall–Kier alpha value is -2.82. The smallest absolute Gasteiger partial charge is 0.255 e. The van der Waals surface area contributed by atoms with Gasteiger partial charge in [-0.05, 0) is 37.5 Å². The topological polar surface area (TPSA) is 67.4 Å². The summed E-state index contributed by atoms with van der Waals surface area (Å²) in [5, 5.41) is 5.73. The minimum atomic E-state index is -0.243. The number of nitrogens with one attached hydrogen (secondary N) is 2. The van der Waals surface area contributed by atoms with Crippen LogP contribution < -0.4 is 15.4 Å². The van der Waals surface area contributed by atoms with Gasteiger partial charge >= 0.3 is 0 Å². The van der Waals surface area contributed by atoms with Crippen LogP contribution in [0.15, 0.2) is 54.6 Å². The molecule has 0 aliphatic heterocycles. The quantitative estimate of drug-likeness (QED) is 0.727. The van der Waals surface area contributed by atoms with Crippen LogP contribution in [-0.2, 0) is 11.2 Å².